The molecule has 0 radical (unpaired) electrons. The number of aromatic nitrogens is 2. The van der Waals surface area contributed by atoms with Crippen molar-refractivity contribution in [1.29, 1.82) is 0 Å². The van der Waals surface area contributed by atoms with E-state index in [4.69, 9.17) is 14.2 Å². The Bertz CT molecular complexity index is 739. The van der Waals surface area contributed by atoms with E-state index >= 15 is 0 Å². The fraction of sp³-hybridized carbons (Fsp3) is 0.333. The second-order valence-corrected chi connectivity index (χ2v) is 4.86. The van der Waals surface area contributed by atoms with Crippen molar-refractivity contribution in [2.75, 3.05) is 33.5 Å². The summed E-state index contributed by atoms with van der Waals surface area (Å²) < 4.78 is 15.4. The van der Waals surface area contributed by atoms with Crippen LogP contribution < -0.4 is 9.47 Å². The zero-order valence-corrected chi connectivity index (χ0v) is 13.7. The van der Waals surface area contributed by atoms with Crippen LogP contribution >= 0.6 is 12.4 Å². The third kappa shape index (κ3) is 3.90. The van der Waals surface area contributed by atoms with Crippen LogP contribution in [0.2, 0.25) is 0 Å². The highest BCUT2D eigenvalue weighted by Crippen LogP contribution is 2.19. The minimum absolute atomic E-state index is 0. The number of imide groups is 1. The second-order valence-electron chi connectivity index (χ2n) is 4.86. The normalized spacial score (nSPS) is 14.5. The van der Waals surface area contributed by atoms with E-state index in [1.54, 1.807) is 25.4 Å². The van der Waals surface area contributed by atoms with Crippen molar-refractivity contribution in [2.45, 2.75) is 0 Å². The van der Waals surface area contributed by atoms with Gasteiger partial charge in [-0.25, -0.2) is 4.98 Å². The molecule has 0 saturated carbocycles. The zero-order chi connectivity index (χ0) is 16.2. The molecule has 24 heavy (non-hydrogen) atoms. The van der Waals surface area contributed by atoms with Gasteiger partial charge in [-0.15, -0.1) is 12.4 Å². The van der Waals surface area contributed by atoms with Gasteiger partial charge < -0.3 is 14.2 Å². The third-order valence-electron chi connectivity index (χ3n) is 3.36. The summed E-state index contributed by atoms with van der Waals surface area (Å²) in [7, 11) is 1.59. The van der Waals surface area contributed by atoms with Crippen molar-refractivity contribution in [3.8, 4) is 11.8 Å². The van der Waals surface area contributed by atoms with Crippen LogP contribution in [0.15, 0.2) is 24.4 Å². The summed E-state index contributed by atoms with van der Waals surface area (Å²) in [6, 6.07) is 5.61. The van der Waals surface area contributed by atoms with Crippen molar-refractivity contribution < 1.29 is 23.8 Å². The number of fused-ring (bicyclic) bond motifs is 1. The standard InChI is InChI=1S/C15H15N3O5.ClH/c1-21-11-2-3-12-10(6-11)7-16-15(17-12)23-5-4-18-13(19)8-22-9-14(18)20;/h2-3,6-7H,4-5,8-9H2,1H3;1H. The van der Waals surface area contributed by atoms with Gasteiger partial charge in [-0.1, -0.05) is 0 Å². The molecule has 9 heteroatoms. The Morgan fingerprint density at radius 1 is 1.25 bits per heavy atom. The number of halogens is 1. The molecule has 8 nitrogen and oxygen atoms in total. The molecular formula is C15H16ClN3O5. The minimum atomic E-state index is -0.364. The van der Waals surface area contributed by atoms with Crippen molar-refractivity contribution >= 4 is 35.1 Å². The lowest BCUT2D eigenvalue weighted by Gasteiger charge is -2.24. The highest BCUT2D eigenvalue weighted by molar-refractivity contribution is 5.98. The first-order valence-corrected chi connectivity index (χ1v) is 7.02. The molecular weight excluding hydrogens is 338 g/mol. The van der Waals surface area contributed by atoms with Crippen molar-refractivity contribution in [2.24, 2.45) is 0 Å². The molecule has 1 aromatic carbocycles. The molecule has 2 heterocycles. The fourth-order valence-electron chi connectivity index (χ4n) is 2.19. The molecule has 2 aromatic rings. The molecule has 0 bridgehead atoms. The smallest absolute Gasteiger partial charge is 0.316 e. The number of nitrogens with zero attached hydrogens (tertiary/aromatic N) is 3. The number of carbonyl (C=O) groups excluding carboxylic acids is 2. The Balaban J connectivity index is 0.00000208. The molecule has 1 saturated heterocycles. The van der Waals surface area contributed by atoms with Crippen LogP contribution in [-0.4, -0.2) is 60.2 Å². The van der Waals surface area contributed by atoms with E-state index in [9.17, 15) is 9.59 Å². The van der Waals surface area contributed by atoms with E-state index in [0.717, 1.165) is 16.0 Å². The SMILES string of the molecule is COc1ccc2nc(OCCN3C(=O)COCC3=O)ncc2c1.Cl. The first-order valence-electron chi connectivity index (χ1n) is 7.02. The van der Waals surface area contributed by atoms with Gasteiger partial charge >= 0.3 is 6.01 Å². The molecule has 128 valence electrons. The van der Waals surface area contributed by atoms with Crippen LogP contribution in [0.1, 0.15) is 0 Å². The largest absolute Gasteiger partial charge is 0.497 e. The van der Waals surface area contributed by atoms with Crippen LogP contribution in [0.25, 0.3) is 10.9 Å². The predicted octanol–water partition coefficient (Wildman–Crippen LogP) is 0.824. The summed E-state index contributed by atoms with van der Waals surface area (Å²) in [6.07, 6.45) is 1.63. The molecule has 3 rings (SSSR count). The van der Waals surface area contributed by atoms with E-state index in [1.807, 2.05) is 6.07 Å². The summed E-state index contributed by atoms with van der Waals surface area (Å²) in [5, 5.41) is 0.829. The molecule has 2 amide bonds. The first kappa shape index (κ1) is 17.9. The molecule has 0 spiro atoms. The summed E-state index contributed by atoms with van der Waals surface area (Å²) in [6.45, 7) is 0.101. The average Bonchev–Trinajstić information content (AvgIpc) is 2.57. The Morgan fingerprint density at radius 2 is 2.00 bits per heavy atom. The van der Waals surface area contributed by atoms with Gasteiger partial charge in [-0.2, -0.15) is 4.98 Å². The lowest BCUT2D eigenvalue weighted by atomic mass is 10.2. The first-order chi connectivity index (χ1) is 11.2. The van der Waals surface area contributed by atoms with Crippen LogP contribution in [-0.2, 0) is 14.3 Å². The molecule has 0 atom stereocenters. The summed E-state index contributed by atoms with van der Waals surface area (Å²) >= 11 is 0. The highest BCUT2D eigenvalue weighted by atomic mass is 35.5. The van der Waals surface area contributed by atoms with E-state index < -0.39 is 0 Å². The molecule has 0 N–H and O–H groups in total. The minimum Gasteiger partial charge on any atom is -0.497 e. The predicted molar refractivity (Wildman–Crippen MR) is 86.4 cm³/mol. The molecule has 0 aliphatic carbocycles. The van der Waals surface area contributed by atoms with E-state index in [2.05, 4.69) is 9.97 Å². The van der Waals surface area contributed by atoms with Crippen LogP contribution in [0.3, 0.4) is 0 Å². The lowest BCUT2D eigenvalue weighted by molar-refractivity contribution is -0.158. The molecule has 1 fully saturated rings. The second kappa shape index (κ2) is 7.89. The topological polar surface area (TPSA) is 90.9 Å². The van der Waals surface area contributed by atoms with E-state index in [1.165, 1.54) is 0 Å². The molecule has 1 aromatic heterocycles. The van der Waals surface area contributed by atoms with Crippen molar-refractivity contribution in [3.05, 3.63) is 24.4 Å². The van der Waals surface area contributed by atoms with Gasteiger partial charge in [-0.3, -0.25) is 14.5 Å². The molecule has 1 aliphatic rings. The summed E-state index contributed by atoms with van der Waals surface area (Å²) in [5.41, 5.74) is 0.717. The molecule has 0 unspecified atom stereocenters. The number of hydrogen-bond donors (Lipinski definition) is 0. The van der Waals surface area contributed by atoms with Crippen LogP contribution in [0.5, 0.6) is 11.8 Å². The van der Waals surface area contributed by atoms with Crippen molar-refractivity contribution in [3.63, 3.8) is 0 Å². The third-order valence-corrected chi connectivity index (χ3v) is 3.36. The quantitative estimate of drug-likeness (QED) is 0.735. The maximum absolute atomic E-state index is 11.6. The summed E-state index contributed by atoms with van der Waals surface area (Å²) in [4.78, 5) is 32.6. The Labute approximate surface area is 144 Å². The van der Waals surface area contributed by atoms with Crippen LogP contribution in [0.4, 0.5) is 0 Å². The van der Waals surface area contributed by atoms with Gasteiger partial charge in [-0.05, 0) is 18.2 Å². The maximum Gasteiger partial charge on any atom is 0.316 e. The number of rotatable bonds is 5. The lowest BCUT2D eigenvalue weighted by Crippen LogP contribution is -2.47. The molecule has 1 aliphatic heterocycles. The average molecular weight is 354 g/mol. The van der Waals surface area contributed by atoms with E-state index in [-0.39, 0.29) is 56.6 Å². The number of carbonyl (C=O) groups is 2. The number of ether oxygens (including phenoxy) is 3. The Morgan fingerprint density at radius 3 is 2.71 bits per heavy atom. The number of morpholine rings is 1. The number of benzene rings is 1. The summed E-state index contributed by atoms with van der Waals surface area (Å²) in [5.74, 6) is -0.00754. The number of amides is 2. The highest BCUT2D eigenvalue weighted by Gasteiger charge is 2.26. The van der Waals surface area contributed by atoms with Gasteiger partial charge in [0.25, 0.3) is 11.8 Å². The van der Waals surface area contributed by atoms with Gasteiger partial charge in [0.15, 0.2) is 0 Å². The van der Waals surface area contributed by atoms with Crippen molar-refractivity contribution in [1.82, 2.24) is 14.9 Å². The van der Waals surface area contributed by atoms with Crippen LogP contribution in [0, 0.1) is 0 Å². The maximum atomic E-state index is 11.6. The number of methoxy groups -OCH3 is 1. The Kier molecular flexibility index (Phi) is 5.88. The fourth-order valence-corrected chi connectivity index (χ4v) is 2.19. The van der Waals surface area contributed by atoms with Gasteiger partial charge in [0.2, 0.25) is 0 Å². The van der Waals surface area contributed by atoms with Gasteiger partial charge in [0.1, 0.15) is 25.6 Å². The van der Waals surface area contributed by atoms with E-state index in [0.29, 0.717) is 5.52 Å². The van der Waals surface area contributed by atoms with Gasteiger partial charge in [0.05, 0.1) is 19.2 Å². The zero-order valence-electron chi connectivity index (χ0n) is 12.9. The Hall–Kier alpha value is -2.45. The van der Waals surface area contributed by atoms with Gasteiger partial charge in [0, 0.05) is 11.6 Å². The number of hydrogen-bond acceptors (Lipinski definition) is 7. The monoisotopic (exact) mass is 353 g/mol.